The first-order valence-electron chi connectivity index (χ1n) is 6.94. The predicted octanol–water partition coefficient (Wildman–Crippen LogP) is 3.64. The monoisotopic (exact) mass is 357 g/mol. The number of ketones is 1. The molecule has 21 heavy (non-hydrogen) atoms. The fourth-order valence-electron chi connectivity index (χ4n) is 2.45. The lowest BCUT2D eigenvalue weighted by molar-refractivity contribution is 0.0750. The summed E-state index contributed by atoms with van der Waals surface area (Å²) in [5.74, 6) is -0.947. The number of hydrogen-bond acceptors (Lipinski definition) is 3. The van der Waals surface area contributed by atoms with E-state index in [1.165, 1.54) is 12.1 Å². The second-order valence-electron chi connectivity index (χ2n) is 4.95. The number of carbonyl (C=O) groups excluding carboxylic acids is 2. The van der Waals surface area contributed by atoms with Gasteiger partial charge in [-0.2, -0.15) is 0 Å². The molecular weight excluding hydrogens is 341 g/mol. The summed E-state index contributed by atoms with van der Waals surface area (Å²) in [6.07, 6.45) is 0.721. The Hall–Kier alpha value is -1.43. The first-order chi connectivity index (χ1) is 10.0. The number of nitrogens with zero attached hydrogens (tertiary/aromatic N) is 1. The third-order valence-corrected chi connectivity index (χ3v) is 4.08. The second kappa shape index (κ2) is 7.02. The highest BCUT2D eigenvalue weighted by atomic mass is 79.9. The molecule has 1 saturated heterocycles. The molecule has 0 radical (unpaired) electrons. The number of hydrogen-bond donors (Lipinski definition) is 0. The lowest BCUT2D eigenvalue weighted by atomic mass is 9.89. The fraction of sp³-hybridized carbons (Fsp3) is 0.467. The summed E-state index contributed by atoms with van der Waals surface area (Å²) in [5, 5.41) is 0. The van der Waals surface area contributed by atoms with Crippen LogP contribution in [-0.2, 0) is 4.74 Å². The Bertz CT molecular complexity index is 542. The SMILES string of the molecule is CCOC(=O)N1CCC(C(=O)c2ccc(Br)cc2F)CC1. The van der Waals surface area contributed by atoms with Crippen molar-refractivity contribution >= 4 is 27.8 Å². The molecule has 0 N–H and O–H groups in total. The Kier molecular flexibility index (Phi) is 5.33. The quantitative estimate of drug-likeness (QED) is 0.775. The molecule has 1 fully saturated rings. The van der Waals surface area contributed by atoms with Gasteiger partial charge in [0.15, 0.2) is 5.78 Å². The number of benzene rings is 1. The van der Waals surface area contributed by atoms with E-state index < -0.39 is 5.82 Å². The molecule has 0 bridgehead atoms. The number of rotatable bonds is 3. The van der Waals surface area contributed by atoms with Gasteiger partial charge >= 0.3 is 6.09 Å². The van der Waals surface area contributed by atoms with Crippen molar-refractivity contribution in [1.82, 2.24) is 4.90 Å². The van der Waals surface area contributed by atoms with Gasteiger partial charge < -0.3 is 9.64 Å². The first-order valence-corrected chi connectivity index (χ1v) is 7.73. The van der Waals surface area contributed by atoms with Crippen molar-refractivity contribution in [3.05, 3.63) is 34.1 Å². The maximum absolute atomic E-state index is 13.8. The van der Waals surface area contributed by atoms with Crippen LogP contribution in [0.3, 0.4) is 0 Å². The molecule has 1 heterocycles. The van der Waals surface area contributed by atoms with Crippen molar-refractivity contribution in [2.45, 2.75) is 19.8 Å². The van der Waals surface area contributed by atoms with Crippen LogP contribution >= 0.6 is 15.9 Å². The Morgan fingerprint density at radius 2 is 2.05 bits per heavy atom. The Labute approximate surface area is 131 Å². The minimum Gasteiger partial charge on any atom is -0.450 e. The van der Waals surface area contributed by atoms with Gasteiger partial charge in [0.05, 0.1) is 12.2 Å². The molecule has 0 spiro atoms. The maximum Gasteiger partial charge on any atom is 0.409 e. The van der Waals surface area contributed by atoms with Crippen LogP contribution < -0.4 is 0 Å². The van der Waals surface area contributed by atoms with Gasteiger partial charge in [0.25, 0.3) is 0 Å². The minimum absolute atomic E-state index is 0.118. The lowest BCUT2D eigenvalue weighted by Crippen LogP contribution is -2.40. The number of piperidine rings is 1. The number of likely N-dealkylation sites (tertiary alicyclic amines) is 1. The molecule has 1 aromatic carbocycles. The van der Waals surface area contributed by atoms with Crippen LogP contribution in [0.4, 0.5) is 9.18 Å². The number of ether oxygens (including phenoxy) is 1. The number of carbonyl (C=O) groups is 2. The summed E-state index contributed by atoms with van der Waals surface area (Å²) in [5.41, 5.74) is 0.118. The van der Waals surface area contributed by atoms with E-state index in [-0.39, 0.29) is 23.4 Å². The summed E-state index contributed by atoms with van der Waals surface area (Å²) < 4.78 is 19.4. The zero-order valence-electron chi connectivity index (χ0n) is 11.8. The summed E-state index contributed by atoms with van der Waals surface area (Å²) in [6, 6.07) is 4.45. The largest absolute Gasteiger partial charge is 0.450 e. The van der Waals surface area contributed by atoms with Gasteiger partial charge in [0.1, 0.15) is 5.82 Å². The molecule has 0 aromatic heterocycles. The Morgan fingerprint density at radius 1 is 1.38 bits per heavy atom. The molecule has 0 aliphatic carbocycles. The van der Waals surface area contributed by atoms with E-state index in [0.717, 1.165) is 0 Å². The predicted molar refractivity (Wildman–Crippen MR) is 79.7 cm³/mol. The normalized spacial score (nSPS) is 15.9. The molecule has 1 amide bonds. The third kappa shape index (κ3) is 3.81. The van der Waals surface area contributed by atoms with Crippen molar-refractivity contribution in [1.29, 1.82) is 0 Å². The summed E-state index contributed by atoms with van der Waals surface area (Å²) in [4.78, 5) is 25.5. The van der Waals surface area contributed by atoms with Gasteiger partial charge in [-0.3, -0.25) is 4.79 Å². The zero-order chi connectivity index (χ0) is 15.4. The van der Waals surface area contributed by atoms with Gasteiger partial charge in [-0.25, -0.2) is 9.18 Å². The van der Waals surface area contributed by atoms with E-state index in [0.29, 0.717) is 37.0 Å². The van der Waals surface area contributed by atoms with Gasteiger partial charge in [-0.1, -0.05) is 15.9 Å². The fourth-order valence-corrected chi connectivity index (χ4v) is 2.78. The second-order valence-corrected chi connectivity index (χ2v) is 5.86. The molecule has 0 unspecified atom stereocenters. The van der Waals surface area contributed by atoms with Crippen LogP contribution in [0, 0.1) is 11.7 Å². The van der Waals surface area contributed by atoms with Gasteiger partial charge in [-0.05, 0) is 38.0 Å². The molecule has 6 heteroatoms. The molecule has 0 atom stereocenters. The molecule has 4 nitrogen and oxygen atoms in total. The van der Waals surface area contributed by atoms with Crippen molar-refractivity contribution in [3.8, 4) is 0 Å². The highest BCUT2D eigenvalue weighted by Gasteiger charge is 2.29. The van der Waals surface area contributed by atoms with E-state index in [1.807, 2.05) is 0 Å². The van der Waals surface area contributed by atoms with Crippen LogP contribution in [-0.4, -0.2) is 36.5 Å². The van der Waals surface area contributed by atoms with Crippen LogP contribution in [0.5, 0.6) is 0 Å². The molecule has 2 rings (SSSR count). The van der Waals surface area contributed by atoms with Crippen LogP contribution in [0.15, 0.2) is 22.7 Å². The summed E-state index contributed by atoms with van der Waals surface area (Å²) in [6.45, 7) is 3.02. The van der Waals surface area contributed by atoms with Gasteiger partial charge in [-0.15, -0.1) is 0 Å². The van der Waals surface area contributed by atoms with Gasteiger partial charge in [0, 0.05) is 23.5 Å². The van der Waals surface area contributed by atoms with Gasteiger partial charge in [0.2, 0.25) is 0 Å². The molecular formula is C15H17BrFNO3. The number of Topliss-reactive ketones (excluding diaryl/α,β-unsaturated/α-hetero) is 1. The number of amides is 1. The van der Waals surface area contributed by atoms with Crippen LogP contribution in [0.1, 0.15) is 30.1 Å². The highest BCUT2D eigenvalue weighted by Crippen LogP contribution is 2.25. The smallest absolute Gasteiger partial charge is 0.409 e. The first kappa shape index (κ1) is 15.9. The van der Waals surface area contributed by atoms with Crippen LogP contribution in [0.2, 0.25) is 0 Å². The Morgan fingerprint density at radius 3 is 2.62 bits per heavy atom. The molecule has 0 saturated carbocycles. The van der Waals surface area contributed by atoms with Crippen molar-refractivity contribution in [2.24, 2.45) is 5.92 Å². The topological polar surface area (TPSA) is 46.6 Å². The molecule has 1 aromatic rings. The zero-order valence-corrected chi connectivity index (χ0v) is 13.4. The number of halogens is 2. The van der Waals surface area contributed by atoms with Crippen molar-refractivity contribution in [3.63, 3.8) is 0 Å². The third-order valence-electron chi connectivity index (χ3n) is 3.59. The standard InChI is InChI=1S/C15H17BrFNO3/c1-2-21-15(20)18-7-5-10(6-8-18)14(19)12-4-3-11(16)9-13(12)17/h3-4,9-10H,2,5-8H2,1H3. The minimum atomic E-state index is -0.512. The molecule has 1 aliphatic heterocycles. The van der Waals surface area contributed by atoms with Crippen LogP contribution in [0.25, 0.3) is 0 Å². The van der Waals surface area contributed by atoms with E-state index in [4.69, 9.17) is 4.74 Å². The Balaban J connectivity index is 1.98. The van der Waals surface area contributed by atoms with E-state index in [9.17, 15) is 14.0 Å². The lowest BCUT2D eigenvalue weighted by Gasteiger charge is -2.30. The molecule has 114 valence electrons. The van der Waals surface area contributed by atoms with E-state index >= 15 is 0 Å². The highest BCUT2D eigenvalue weighted by molar-refractivity contribution is 9.10. The summed E-state index contributed by atoms with van der Waals surface area (Å²) in [7, 11) is 0. The maximum atomic E-state index is 13.8. The summed E-state index contributed by atoms with van der Waals surface area (Å²) >= 11 is 3.17. The molecule has 1 aliphatic rings. The average molecular weight is 358 g/mol. The average Bonchev–Trinajstić information content (AvgIpc) is 2.47. The van der Waals surface area contributed by atoms with Crippen molar-refractivity contribution in [2.75, 3.05) is 19.7 Å². The van der Waals surface area contributed by atoms with E-state index in [1.54, 1.807) is 17.9 Å². The van der Waals surface area contributed by atoms with Crippen molar-refractivity contribution < 1.29 is 18.7 Å². The van der Waals surface area contributed by atoms with E-state index in [2.05, 4.69) is 15.9 Å².